The lowest BCUT2D eigenvalue weighted by molar-refractivity contribution is 0.477. The summed E-state index contributed by atoms with van der Waals surface area (Å²) in [5, 5.41) is 1.10. The first-order chi connectivity index (χ1) is 9.28. The average Bonchev–Trinajstić information content (AvgIpc) is 2.83. The highest BCUT2D eigenvalue weighted by atomic mass is 16.3. The van der Waals surface area contributed by atoms with Gasteiger partial charge in [-0.3, -0.25) is 5.84 Å². The van der Waals surface area contributed by atoms with Gasteiger partial charge in [-0.2, -0.15) is 0 Å². The van der Waals surface area contributed by atoms with Crippen LogP contribution in [0.4, 0.5) is 0 Å². The minimum Gasteiger partial charge on any atom is -0.459 e. The molecule has 0 fully saturated rings. The standard InChI is InChI=1S/C16H16N2O/c1-11-7-8-14-13(9-11)10-15(19-14)16(18-17)12-5-3-2-4-6-12/h2-10,16,18H,17H2,1H3. The molecule has 0 radical (unpaired) electrons. The Morgan fingerprint density at radius 3 is 2.58 bits per heavy atom. The molecule has 1 atom stereocenters. The van der Waals surface area contributed by atoms with Crippen molar-refractivity contribution in [2.24, 2.45) is 5.84 Å². The minimum atomic E-state index is -0.131. The molecule has 0 bridgehead atoms. The van der Waals surface area contributed by atoms with E-state index >= 15 is 0 Å². The van der Waals surface area contributed by atoms with Crippen LogP contribution in [0.15, 0.2) is 59.0 Å². The van der Waals surface area contributed by atoms with E-state index in [9.17, 15) is 0 Å². The van der Waals surface area contributed by atoms with E-state index in [0.717, 1.165) is 22.3 Å². The van der Waals surface area contributed by atoms with Crippen LogP contribution in [0.2, 0.25) is 0 Å². The Bertz CT molecular complexity index is 688. The molecule has 3 N–H and O–H groups in total. The first-order valence-electron chi connectivity index (χ1n) is 6.29. The molecule has 0 spiro atoms. The predicted octanol–water partition coefficient (Wildman–Crippen LogP) is 3.29. The third kappa shape index (κ3) is 2.26. The van der Waals surface area contributed by atoms with Crippen LogP contribution in [0.3, 0.4) is 0 Å². The lowest BCUT2D eigenvalue weighted by Gasteiger charge is -2.13. The number of nitrogens with two attached hydrogens (primary N) is 1. The van der Waals surface area contributed by atoms with E-state index in [1.54, 1.807) is 0 Å². The molecule has 0 aliphatic rings. The third-order valence-corrected chi connectivity index (χ3v) is 3.27. The molecule has 1 unspecified atom stereocenters. The highest BCUT2D eigenvalue weighted by Crippen LogP contribution is 2.28. The van der Waals surface area contributed by atoms with Gasteiger partial charge < -0.3 is 4.42 Å². The van der Waals surface area contributed by atoms with Crippen LogP contribution in [0.25, 0.3) is 11.0 Å². The van der Waals surface area contributed by atoms with Crippen LogP contribution in [0.5, 0.6) is 0 Å². The second kappa shape index (κ2) is 4.88. The molecule has 0 saturated carbocycles. The Morgan fingerprint density at radius 1 is 1.05 bits per heavy atom. The summed E-state index contributed by atoms with van der Waals surface area (Å²) in [5.41, 5.74) is 6.01. The highest BCUT2D eigenvalue weighted by Gasteiger charge is 2.16. The summed E-state index contributed by atoms with van der Waals surface area (Å²) >= 11 is 0. The normalized spacial score (nSPS) is 12.7. The van der Waals surface area contributed by atoms with Gasteiger partial charge in [0, 0.05) is 5.39 Å². The summed E-state index contributed by atoms with van der Waals surface area (Å²) < 4.78 is 5.89. The Hall–Kier alpha value is -2.10. The van der Waals surface area contributed by atoms with Gasteiger partial charge in [0.15, 0.2) is 0 Å². The zero-order valence-corrected chi connectivity index (χ0v) is 10.8. The fourth-order valence-electron chi connectivity index (χ4n) is 2.31. The van der Waals surface area contributed by atoms with Gasteiger partial charge in [0.2, 0.25) is 0 Å². The zero-order chi connectivity index (χ0) is 13.2. The Labute approximate surface area is 112 Å². The largest absolute Gasteiger partial charge is 0.459 e. The summed E-state index contributed by atoms with van der Waals surface area (Å²) in [6.45, 7) is 2.07. The van der Waals surface area contributed by atoms with Crippen LogP contribution in [-0.4, -0.2) is 0 Å². The van der Waals surface area contributed by atoms with Gasteiger partial charge in [0.05, 0.1) is 0 Å². The van der Waals surface area contributed by atoms with Gasteiger partial charge in [-0.1, -0.05) is 42.0 Å². The van der Waals surface area contributed by atoms with E-state index in [4.69, 9.17) is 10.3 Å². The van der Waals surface area contributed by atoms with Crippen molar-refractivity contribution >= 4 is 11.0 Å². The van der Waals surface area contributed by atoms with Crippen molar-refractivity contribution in [2.75, 3.05) is 0 Å². The van der Waals surface area contributed by atoms with Crippen molar-refractivity contribution in [3.05, 3.63) is 71.5 Å². The number of benzene rings is 2. The molecular weight excluding hydrogens is 236 g/mol. The quantitative estimate of drug-likeness (QED) is 0.555. The maximum absolute atomic E-state index is 5.89. The molecule has 1 aromatic heterocycles. The van der Waals surface area contributed by atoms with Crippen LogP contribution in [0, 0.1) is 6.92 Å². The number of aryl methyl sites for hydroxylation is 1. The number of fused-ring (bicyclic) bond motifs is 1. The fourth-order valence-corrected chi connectivity index (χ4v) is 2.31. The molecule has 0 saturated heterocycles. The second-order valence-electron chi connectivity index (χ2n) is 4.70. The molecule has 3 aromatic rings. The summed E-state index contributed by atoms with van der Waals surface area (Å²) in [6, 6.07) is 18.1. The monoisotopic (exact) mass is 252 g/mol. The summed E-state index contributed by atoms with van der Waals surface area (Å²) in [6.07, 6.45) is 0. The van der Waals surface area contributed by atoms with E-state index in [1.165, 1.54) is 5.56 Å². The first-order valence-corrected chi connectivity index (χ1v) is 6.29. The molecule has 2 aromatic carbocycles. The molecule has 0 aliphatic carbocycles. The SMILES string of the molecule is Cc1ccc2oc(C(NN)c3ccccc3)cc2c1. The molecule has 1 heterocycles. The number of nitrogens with one attached hydrogen (secondary N) is 1. The van der Waals surface area contributed by atoms with Gasteiger partial charge in [-0.05, 0) is 30.7 Å². The number of furan rings is 1. The van der Waals surface area contributed by atoms with Crippen LogP contribution in [0.1, 0.15) is 22.9 Å². The molecule has 0 amide bonds. The first kappa shape index (κ1) is 12.0. The number of hydrazine groups is 1. The minimum absolute atomic E-state index is 0.131. The van der Waals surface area contributed by atoms with Crippen molar-refractivity contribution in [3.8, 4) is 0 Å². The van der Waals surface area contributed by atoms with E-state index in [1.807, 2.05) is 48.5 Å². The smallest absolute Gasteiger partial charge is 0.134 e. The van der Waals surface area contributed by atoms with E-state index in [2.05, 4.69) is 18.4 Å². The maximum Gasteiger partial charge on any atom is 0.134 e. The van der Waals surface area contributed by atoms with Crippen LogP contribution in [-0.2, 0) is 0 Å². The summed E-state index contributed by atoms with van der Waals surface area (Å²) in [4.78, 5) is 0. The molecule has 0 aliphatic heterocycles. The van der Waals surface area contributed by atoms with E-state index in [-0.39, 0.29) is 6.04 Å². The number of hydrogen-bond acceptors (Lipinski definition) is 3. The predicted molar refractivity (Wildman–Crippen MR) is 76.6 cm³/mol. The van der Waals surface area contributed by atoms with Crippen molar-refractivity contribution in [1.82, 2.24) is 5.43 Å². The number of rotatable bonds is 3. The van der Waals surface area contributed by atoms with Gasteiger partial charge in [-0.25, -0.2) is 5.43 Å². The highest BCUT2D eigenvalue weighted by molar-refractivity contribution is 5.78. The van der Waals surface area contributed by atoms with E-state index < -0.39 is 0 Å². The lowest BCUT2D eigenvalue weighted by atomic mass is 10.0. The molecule has 19 heavy (non-hydrogen) atoms. The average molecular weight is 252 g/mol. The molecule has 96 valence electrons. The lowest BCUT2D eigenvalue weighted by Crippen LogP contribution is -2.28. The van der Waals surface area contributed by atoms with Crippen LogP contribution < -0.4 is 11.3 Å². The van der Waals surface area contributed by atoms with Crippen molar-refractivity contribution in [3.63, 3.8) is 0 Å². The maximum atomic E-state index is 5.89. The molecule has 3 heteroatoms. The van der Waals surface area contributed by atoms with Crippen molar-refractivity contribution in [2.45, 2.75) is 13.0 Å². The Kier molecular flexibility index (Phi) is 3.07. The van der Waals surface area contributed by atoms with E-state index in [0.29, 0.717) is 0 Å². The van der Waals surface area contributed by atoms with Gasteiger partial charge in [0.1, 0.15) is 17.4 Å². The second-order valence-corrected chi connectivity index (χ2v) is 4.70. The summed E-state index contributed by atoms with van der Waals surface area (Å²) in [5.74, 6) is 6.51. The third-order valence-electron chi connectivity index (χ3n) is 3.27. The Balaban J connectivity index is 2.07. The van der Waals surface area contributed by atoms with Gasteiger partial charge in [-0.15, -0.1) is 0 Å². The molecule has 3 nitrogen and oxygen atoms in total. The van der Waals surface area contributed by atoms with Gasteiger partial charge >= 0.3 is 0 Å². The van der Waals surface area contributed by atoms with Crippen molar-refractivity contribution in [1.29, 1.82) is 0 Å². The molecule has 3 rings (SSSR count). The number of hydrogen-bond donors (Lipinski definition) is 2. The Morgan fingerprint density at radius 2 is 1.84 bits per heavy atom. The zero-order valence-electron chi connectivity index (χ0n) is 10.8. The topological polar surface area (TPSA) is 51.2 Å². The fraction of sp³-hybridized carbons (Fsp3) is 0.125. The van der Waals surface area contributed by atoms with Crippen LogP contribution >= 0.6 is 0 Å². The van der Waals surface area contributed by atoms with Gasteiger partial charge in [0.25, 0.3) is 0 Å². The summed E-state index contributed by atoms with van der Waals surface area (Å²) in [7, 11) is 0. The molecular formula is C16H16N2O. The van der Waals surface area contributed by atoms with Crippen molar-refractivity contribution < 1.29 is 4.42 Å².